The van der Waals surface area contributed by atoms with Crippen LogP contribution in [0.3, 0.4) is 0 Å². The fourth-order valence-electron chi connectivity index (χ4n) is 2.94. The minimum atomic E-state index is -2.36. The summed E-state index contributed by atoms with van der Waals surface area (Å²) in [5, 5.41) is 0. The zero-order valence-corrected chi connectivity index (χ0v) is 9.02. The monoisotopic (exact) mass is 203 g/mol. The van der Waals surface area contributed by atoms with Crippen molar-refractivity contribution in [3.05, 3.63) is 0 Å². The van der Waals surface area contributed by atoms with Gasteiger partial charge in [-0.15, -0.1) is 0 Å². The van der Waals surface area contributed by atoms with Crippen molar-refractivity contribution in [1.29, 1.82) is 0 Å². The Balaban J connectivity index is 1.90. The van der Waals surface area contributed by atoms with Crippen molar-refractivity contribution in [2.75, 3.05) is 13.1 Å². The SMILES string of the molecule is CCC(C)N1CCC2(C1)CC(F)(F)C2. The Morgan fingerprint density at radius 3 is 2.50 bits per heavy atom. The third-order valence-electron chi connectivity index (χ3n) is 3.95. The molecule has 0 amide bonds. The summed E-state index contributed by atoms with van der Waals surface area (Å²) in [5.41, 5.74) is -0.0209. The standard InChI is InChI=1S/C11H19F2N/c1-3-9(2)14-5-4-10(8-14)6-11(12,13)7-10/h9H,3-8H2,1-2H3. The molecule has 1 heterocycles. The number of alkyl halides is 2. The average molecular weight is 203 g/mol. The fourth-order valence-corrected chi connectivity index (χ4v) is 2.94. The highest BCUT2D eigenvalue weighted by Crippen LogP contribution is 2.56. The number of halogens is 2. The van der Waals surface area contributed by atoms with Gasteiger partial charge in [0.15, 0.2) is 0 Å². The van der Waals surface area contributed by atoms with Gasteiger partial charge >= 0.3 is 0 Å². The third-order valence-corrected chi connectivity index (χ3v) is 3.95. The first-order valence-corrected chi connectivity index (χ1v) is 5.58. The third kappa shape index (κ3) is 1.67. The first-order valence-electron chi connectivity index (χ1n) is 5.58. The molecule has 1 saturated carbocycles. The van der Waals surface area contributed by atoms with Crippen LogP contribution in [0.4, 0.5) is 8.78 Å². The lowest BCUT2D eigenvalue weighted by molar-refractivity contribution is -0.156. The smallest absolute Gasteiger partial charge is 0.249 e. The van der Waals surface area contributed by atoms with Crippen molar-refractivity contribution in [3.63, 3.8) is 0 Å². The highest BCUT2D eigenvalue weighted by Gasteiger charge is 2.58. The van der Waals surface area contributed by atoms with E-state index >= 15 is 0 Å². The van der Waals surface area contributed by atoms with Crippen molar-refractivity contribution in [2.24, 2.45) is 5.41 Å². The Bertz CT molecular complexity index is 219. The molecule has 1 aliphatic carbocycles. The summed E-state index contributed by atoms with van der Waals surface area (Å²) in [6.45, 7) is 6.27. The molecule has 1 atom stereocenters. The molecule has 0 aromatic carbocycles. The number of hydrogen-bond acceptors (Lipinski definition) is 1. The van der Waals surface area contributed by atoms with E-state index < -0.39 is 5.92 Å². The van der Waals surface area contributed by atoms with E-state index in [1.807, 2.05) is 0 Å². The first-order chi connectivity index (χ1) is 6.46. The lowest BCUT2D eigenvalue weighted by atomic mass is 9.65. The van der Waals surface area contributed by atoms with Gasteiger partial charge in [-0.2, -0.15) is 0 Å². The molecular weight excluding hydrogens is 184 g/mol. The highest BCUT2D eigenvalue weighted by atomic mass is 19.3. The molecule has 1 aliphatic heterocycles. The summed E-state index contributed by atoms with van der Waals surface area (Å²) in [5.74, 6) is -2.36. The van der Waals surface area contributed by atoms with E-state index in [0.717, 1.165) is 25.9 Å². The summed E-state index contributed by atoms with van der Waals surface area (Å²) in [6.07, 6.45) is 2.36. The quantitative estimate of drug-likeness (QED) is 0.667. The number of rotatable bonds is 2. The lowest BCUT2D eigenvalue weighted by Crippen LogP contribution is -2.48. The van der Waals surface area contributed by atoms with Gasteiger partial charge < -0.3 is 4.90 Å². The maximum atomic E-state index is 12.8. The van der Waals surface area contributed by atoms with Crippen LogP contribution in [0.5, 0.6) is 0 Å². The minimum absolute atomic E-state index is 0.0209. The van der Waals surface area contributed by atoms with Gasteiger partial charge in [-0.3, -0.25) is 0 Å². The van der Waals surface area contributed by atoms with Crippen LogP contribution in [-0.4, -0.2) is 30.0 Å². The van der Waals surface area contributed by atoms with Crippen molar-refractivity contribution in [1.82, 2.24) is 4.90 Å². The van der Waals surface area contributed by atoms with Gasteiger partial charge in [0.05, 0.1) is 0 Å². The predicted octanol–water partition coefficient (Wildman–Crippen LogP) is 2.91. The summed E-state index contributed by atoms with van der Waals surface area (Å²) in [7, 11) is 0. The molecule has 1 spiro atoms. The van der Waals surface area contributed by atoms with Gasteiger partial charge in [-0.05, 0) is 31.7 Å². The van der Waals surface area contributed by atoms with Crippen molar-refractivity contribution < 1.29 is 8.78 Å². The van der Waals surface area contributed by atoms with Gasteiger partial charge in [0.25, 0.3) is 0 Å². The van der Waals surface area contributed by atoms with E-state index in [2.05, 4.69) is 18.7 Å². The second kappa shape index (κ2) is 3.16. The van der Waals surface area contributed by atoms with E-state index in [-0.39, 0.29) is 18.3 Å². The molecule has 0 radical (unpaired) electrons. The Kier molecular flexibility index (Phi) is 2.33. The van der Waals surface area contributed by atoms with Gasteiger partial charge in [0, 0.05) is 25.4 Å². The van der Waals surface area contributed by atoms with E-state index in [1.54, 1.807) is 0 Å². The zero-order chi connectivity index (χ0) is 10.4. The molecule has 3 heteroatoms. The molecule has 0 aromatic rings. The van der Waals surface area contributed by atoms with Crippen molar-refractivity contribution in [2.45, 2.75) is 51.5 Å². The van der Waals surface area contributed by atoms with Crippen LogP contribution in [0.15, 0.2) is 0 Å². The summed E-state index contributed by atoms with van der Waals surface area (Å²) < 4.78 is 25.7. The largest absolute Gasteiger partial charge is 0.300 e. The van der Waals surface area contributed by atoms with Crippen LogP contribution in [-0.2, 0) is 0 Å². The fraction of sp³-hybridized carbons (Fsp3) is 1.00. The number of hydrogen-bond donors (Lipinski definition) is 0. The van der Waals surface area contributed by atoms with Crippen LogP contribution in [0, 0.1) is 5.41 Å². The van der Waals surface area contributed by atoms with E-state index in [9.17, 15) is 8.78 Å². The average Bonchev–Trinajstić information content (AvgIpc) is 2.45. The van der Waals surface area contributed by atoms with Crippen LogP contribution in [0.1, 0.15) is 39.5 Å². The Hall–Kier alpha value is -0.180. The maximum absolute atomic E-state index is 12.8. The second-order valence-corrected chi connectivity index (χ2v) is 5.19. The van der Waals surface area contributed by atoms with Crippen molar-refractivity contribution >= 4 is 0 Å². The molecule has 1 saturated heterocycles. The second-order valence-electron chi connectivity index (χ2n) is 5.19. The molecule has 0 N–H and O–H groups in total. The van der Waals surface area contributed by atoms with E-state index in [0.29, 0.717) is 6.04 Å². The van der Waals surface area contributed by atoms with Gasteiger partial charge in [0.1, 0.15) is 0 Å². The molecule has 0 aromatic heterocycles. The molecule has 1 unspecified atom stereocenters. The minimum Gasteiger partial charge on any atom is -0.300 e. The van der Waals surface area contributed by atoms with Crippen LogP contribution in [0.2, 0.25) is 0 Å². The maximum Gasteiger partial charge on any atom is 0.249 e. The molecule has 1 nitrogen and oxygen atoms in total. The lowest BCUT2D eigenvalue weighted by Gasteiger charge is -2.45. The molecule has 2 rings (SSSR count). The molecule has 2 fully saturated rings. The van der Waals surface area contributed by atoms with Crippen molar-refractivity contribution in [3.8, 4) is 0 Å². The zero-order valence-electron chi connectivity index (χ0n) is 9.02. The number of likely N-dealkylation sites (tertiary alicyclic amines) is 1. The van der Waals surface area contributed by atoms with Crippen LogP contribution in [0.25, 0.3) is 0 Å². The topological polar surface area (TPSA) is 3.24 Å². The predicted molar refractivity (Wildman–Crippen MR) is 52.6 cm³/mol. The molecule has 2 aliphatic rings. The van der Waals surface area contributed by atoms with Gasteiger partial charge in [-0.25, -0.2) is 8.78 Å². The van der Waals surface area contributed by atoms with E-state index in [4.69, 9.17) is 0 Å². The molecular formula is C11H19F2N. The van der Waals surface area contributed by atoms with Gasteiger partial charge in [-0.1, -0.05) is 6.92 Å². The van der Waals surface area contributed by atoms with Crippen LogP contribution < -0.4 is 0 Å². The molecule has 82 valence electrons. The number of nitrogens with zero attached hydrogens (tertiary/aromatic N) is 1. The Labute approximate surface area is 84.5 Å². The van der Waals surface area contributed by atoms with Crippen LogP contribution >= 0.6 is 0 Å². The first kappa shape index (κ1) is 10.3. The molecule has 0 bridgehead atoms. The summed E-state index contributed by atoms with van der Waals surface area (Å²) in [4.78, 5) is 2.37. The highest BCUT2D eigenvalue weighted by molar-refractivity contribution is 5.04. The summed E-state index contributed by atoms with van der Waals surface area (Å²) in [6, 6.07) is 0.559. The molecule has 14 heavy (non-hydrogen) atoms. The Morgan fingerprint density at radius 2 is 2.00 bits per heavy atom. The van der Waals surface area contributed by atoms with Gasteiger partial charge in [0.2, 0.25) is 5.92 Å². The normalized spacial score (nSPS) is 31.7. The van der Waals surface area contributed by atoms with E-state index in [1.165, 1.54) is 0 Å². The Morgan fingerprint density at radius 1 is 1.36 bits per heavy atom. The summed E-state index contributed by atoms with van der Waals surface area (Å²) >= 11 is 0.